The molecule has 0 saturated carbocycles. The molecule has 0 spiro atoms. The Morgan fingerprint density at radius 1 is 1.13 bits per heavy atom. The maximum atomic E-state index is 6.04. The van der Waals surface area contributed by atoms with Crippen LogP contribution in [0.25, 0.3) is 0 Å². The molecule has 0 radical (unpaired) electrons. The van der Waals surface area contributed by atoms with Gasteiger partial charge in [0.1, 0.15) is 6.61 Å². The van der Waals surface area contributed by atoms with E-state index in [1.165, 1.54) is 6.42 Å². The van der Waals surface area contributed by atoms with E-state index in [2.05, 4.69) is 11.4 Å². The first-order valence-corrected chi connectivity index (χ1v) is 8.59. The van der Waals surface area contributed by atoms with Crippen molar-refractivity contribution < 1.29 is 18.9 Å². The molecule has 5 heteroatoms. The van der Waals surface area contributed by atoms with E-state index in [4.69, 9.17) is 18.9 Å². The van der Waals surface area contributed by atoms with Crippen molar-refractivity contribution in [2.75, 3.05) is 33.5 Å². The van der Waals surface area contributed by atoms with Gasteiger partial charge in [0.05, 0.1) is 19.3 Å². The lowest BCUT2D eigenvalue weighted by Crippen LogP contribution is -2.26. The summed E-state index contributed by atoms with van der Waals surface area (Å²) in [4.78, 5) is 0. The molecule has 1 N–H and O–H groups in total. The van der Waals surface area contributed by atoms with Crippen LogP contribution in [0.1, 0.15) is 31.2 Å². The Bertz CT molecular complexity index is 482. The van der Waals surface area contributed by atoms with Crippen molar-refractivity contribution in [2.24, 2.45) is 0 Å². The molecule has 0 amide bonds. The molecule has 1 aromatic carbocycles. The summed E-state index contributed by atoms with van der Waals surface area (Å²) >= 11 is 0. The molecule has 2 aliphatic heterocycles. The molecule has 2 fully saturated rings. The molecule has 2 unspecified atom stereocenters. The van der Waals surface area contributed by atoms with Gasteiger partial charge in [-0.05, 0) is 31.7 Å². The highest BCUT2D eigenvalue weighted by atomic mass is 16.5. The topological polar surface area (TPSA) is 49.0 Å². The highest BCUT2D eigenvalue weighted by molar-refractivity contribution is 5.46. The van der Waals surface area contributed by atoms with Gasteiger partial charge in [0, 0.05) is 31.9 Å². The van der Waals surface area contributed by atoms with E-state index in [-0.39, 0.29) is 6.10 Å². The normalized spacial score (nSPS) is 24.0. The maximum Gasteiger partial charge on any atom is 0.165 e. The van der Waals surface area contributed by atoms with Gasteiger partial charge in [-0.1, -0.05) is 12.1 Å². The van der Waals surface area contributed by atoms with Crippen molar-refractivity contribution in [1.29, 1.82) is 0 Å². The van der Waals surface area contributed by atoms with Crippen LogP contribution in [0, 0.1) is 0 Å². The second-order valence-electron chi connectivity index (χ2n) is 6.16. The van der Waals surface area contributed by atoms with E-state index in [0.717, 1.165) is 62.6 Å². The van der Waals surface area contributed by atoms with Crippen LogP contribution in [0.5, 0.6) is 11.5 Å². The van der Waals surface area contributed by atoms with Crippen molar-refractivity contribution in [3.8, 4) is 11.5 Å². The van der Waals surface area contributed by atoms with Crippen molar-refractivity contribution >= 4 is 0 Å². The highest BCUT2D eigenvalue weighted by Crippen LogP contribution is 2.31. The number of hydrogen-bond donors (Lipinski definition) is 1. The van der Waals surface area contributed by atoms with Gasteiger partial charge in [0.25, 0.3) is 0 Å². The van der Waals surface area contributed by atoms with Crippen molar-refractivity contribution in [3.63, 3.8) is 0 Å². The van der Waals surface area contributed by atoms with Gasteiger partial charge in [0.15, 0.2) is 11.5 Å². The third kappa shape index (κ3) is 4.59. The standard InChI is InChI=1S/C18H27NO4/c1-20-17-8-2-5-14(11-19-12-15-6-3-9-21-15)18(17)23-13-16-7-4-10-22-16/h2,5,8,15-16,19H,3-4,6-7,9-13H2,1H3. The van der Waals surface area contributed by atoms with Gasteiger partial charge < -0.3 is 24.3 Å². The van der Waals surface area contributed by atoms with Gasteiger partial charge in [-0.25, -0.2) is 0 Å². The van der Waals surface area contributed by atoms with E-state index in [9.17, 15) is 0 Å². The summed E-state index contributed by atoms with van der Waals surface area (Å²) < 4.78 is 22.8. The lowest BCUT2D eigenvalue weighted by Gasteiger charge is -2.18. The lowest BCUT2D eigenvalue weighted by molar-refractivity contribution is 0.0665. The third-order valence-corrected chi connectivity index (χ3v) is 4.43. The van der Waals surface area contributed by atoms with Crippen LogP contribution in [0.4, 0.5) is 0 Å². The first-order chi connectivity index (χ1) is 11.4. The molecule has 0 aliphatic carbocycles. The van der Waals surface area contributed by atoms with Crippen LogP contribution in [-0.2, 0) is 16.0 Å². The van der Waals surface area contributed by atoms with Gasteiger partial charge in [-0.15, -0.1) is 0 Å². The molecule has 0 bridgehead atoms. The zero-order chi connectivity index (χ0) is 15.9. The number of nitrogens with one attached hydrogen (secondary N) is 1. The molecule has 2 saturated heterocycles. The monoisotopic (exact) mass is 321 g/mol. The summed E-state index contributed by atoms with van der Waals surface area (Å²) in [6.07, 6.45) is 5.05. The van der Waals surface area contributed by atoms with Crippen molar-refractivity contribution in [1.82, 2.24) is 5.32 Å². The quantitative estimate of drug-likeness (QED) is 0.797. The molecular weight excluding hydrogens is 294 g/mol. The van der Waals surface area contributed by atoms with Crippen LogP contribution in [-0.4, -0.2) is 45.7 Å². The zero-order valence-electron chi connectivity index (χ0n) is 13.9. The van der Waals surface area contributed by atoms with Crippen LogP contribution in [0.15, 0.2) is 18.2 Å². The predicted octanol–water partition coefficient (Wildman–Crippen LogP) is 2.52. The van der Waals surface area contributed by atoms with E-state index in [1.807, 2.05) is 12.1 Å². The molecule has 2 heterocycles. The minimum absolute atomic E-state index is 0.201. The van der Waals surface area contributed by atoms with E-state index in [0.29, 0.717) is 12.7 Å². The Labute approximate surface area is 138 Å². The largest absolute Gasteiger partial charge is 0.493 e. The number of methoxy groups -OCH3 is 1. The predicted molar refractivity (Wildman–Crippen MR) is 88.1 cm³/mol. The minimum atomic E-state index is 0.201. The Kier molecular flexibility index (Phi) is 6.13. The van der Waals surface area contributed by atoms with Crippen LogP contribution in [0.2, 0.25) is 0 Å². The summed E-state index contributed by atoms with van der Waals surface area (Å²) in [7, 11) is 1.68. The van der Waals surface area contributed by atoms with Gasteiger partial charge >= 0.3 is 0 Å². The fourth-order valence-electron chi connectivity index (χ4n) is 3.15. The Morgan fingerprint density at radius 3 is 2.61 bits per heavy atom. The van der Waals surface area contributed by atoms with Gasteiger partial charge in [-0.2, -0.15) is 0 Å². The summed E-state index contributed by atoms with van der Waals surface area (Å²) in [6, 6.07) is 6.02. The summed E-state index contributed by atoms with van der Waals surface area (Å²) in [5, 5.41) is 3.47. The Balaban J connectivity index is 1.58. The summed E-state index contributed by atoms with van der Waals surface area (Å²) in [6.45, 7) is 3.94. The number of hydrogen-bond acceptors (Lipinski definition) is 5. The Hall–Kier alpha value is -1.30. The second-order valence-corrected chi connectivity index (χ2v) is 6.16. The minimum Gasteiger partial charge on any atom is -0.493 e. The number of rotatable bonds is 8. The summed E-state index contributed by atoms with van der Waals surface area (Å²) in [5.41, 5.74) is 1.11. The fourth-order valence-corrected chi connectivity index (χ4v) is 3.15. The molecule has 128 valence electrons. The van der Waals surface area contributed by atoms with Crippen LogP contribution < -0.4 is 14.8 Å². The number of ether oxygens (including phenoxy) is 4. The molecule has 23 heavy (non-hydrogen) atoms. The maximum absolute atomic E-state index is 6.04. The molecule has 1 aromatic rings. The average molecular weight is 321 g/mol. The van der Waals surface area contributed by atoms with Crippen LogP contribution in [0.3, 0.4) is 0 Å². The molecule has 3 rings (SSSR count). The highest BCUT2D eigenvalue weighted by Gasteiger charge is 2.19. The molecule has 5 nitrogen and oxygen atoms in total. The third-order valence-electron chi connectivity index (χ3n) is 4.43. The van der Waals surface area contributed by atoms with Crippen molar-refractivity contribution in [2.45, 2.75) is 44.4 Å². The van der Waals surface area contributed by atoms with Crippen LogP contribution >= 0.6 is 0 Å². The SMILES string of the molecule is COc1cccc(CNCC2CCCO2)c1OCC1CCCO1. The first-order valence-electron chi connectivity index (χ1n) is 8.59. The fraction of sp³-hybridized carbons (Fsp3) is 0.667. The van der Waals surface area contributed by atoms with E-state index >= 15 is 0 Å². The first kappa shape index (κ1) is 16.6. The van der Waals surface area contributed by atoms with E-state index < -0.39 is 0 Å². The molecule has 0 aromatic heterocycles. The van der Waals surface area contributed by atoms with E-state index in [1.54, 1.807) is 7.11 Å². The zero-order valence-corrected chi connectivity index (χ0v) is 13.9. The summed E-state index contributed by atoms with van der Waals surface area (Å²) in [5.74, 6) is 1.60. The van der Waals surface area contributed by atoms with Crippen molar-refractivity contribution in [3.05, 3.63) is 23.8 Å². The molecule has 2 atom stereocenters. The lowest BCUT2D eigenvalue weighted by atomic mass is 10.1. The Morgan fingerprint density at radius 2 is 1.91 bits per heavy atom. The number of benzene rings is 1. The smallest absolute Gasteiger partial charge is 0.165 e. The molecule has 2 aliphatic rings. The average Bonchev–Trinajstić information content (AvgIpc) is 3.27. The van der Waals surface area contributed by atoms with Gasteiger partial charge in [-0.3, -0.25) is 0 Å². The molecular formula is C18H27NO4. The second kappa shape index (κ2) is 8.52. The number of para-hydroxylation sites is 1. The van der Waals surface area contributed by atoms with Gasteiger partial charge in [0.2, 0.25) is 0 Å².